The number of aromatic carboxylic acids is 1. The lowest BCUT2D eigenvalue weighted by atomic mass is 10.1. The van der Waals surface area contributed by atoms with Crippen molar-refractivity contribution in [3.05, 3.63) is 33.1 Å². The van der Waals surface area contributed by atoms with Crippen LogP contribution in [0.3, 0.4) is 0 Å². The van der Waals surface area contributed by atoms with Crippen LogP contribution in [-0.4, -0.2) is 71.6 Å². The summed E-state index contributed by atoms with van der Waals surface area (Å²) in [5, 5.41) is 19.6. The highest BCUT2D eigenvalue weighted by Gasteiger charge is 2.31. The fourth-order valence-corrected chi connectivity index (χ4v) is 4.05. The number of rotatable bonds is 3. The van der Waals surface area contributed by atoms with Crippen LogP contribution in [0.1, 0.15) is 10.4 Å². The lowest BCUT2D eigenvalue weighted by molar-refractivity contribution is 0.0692. The summed E-state index contributed by atoms with van der Waals surface area (Å²) in [6.07, 6.45) is 0.776. The van der Waals surface area contributed by atoms with E-state index in [4.69, 9.17) is 16.3 Å². The van der Waals surface area contributed by atoms with Crippen molar-refractivity contribution in [2.75, 3.05) is 44.7 Å². The van der Waals surface area contributed by atoms with Crippen molar-refractivity contribution in [2.24, 2.45) is 0 Å². The van der Waals surface area contributed by atoms with Crippen molar-refractivity contribution in [2.45, 2.75) is 12.6 Å². The maximum absolute atomic E-state index is 12.7. The van der Waals surface area contributed by atoms with Crippen LogP contribution in [0.5, 0.6) is 5.75 Å². The molecule has 4 rings (SSSR count). The zero-order chi connectivity index (χ0) is 19.3. The Labute approximate surface area is 160 Å². The highest BCUT2D eigenvalue weighted by Crippen LogP contribution is 2.44. The summed E-state index contributed by atoms with van der Waals surface area (Å²) < 4.78 is 7.68. The number of hydrogen-bond acceptors (Lipinski definition) is 6. The Balaban J connectivity index is 1.99. The van der Waals surface area contributed by atoms with Gasteiger partial charge in [-0.2, -0.15) is 0 Å². The normalized spacial score (nSPS) is 20.0. The molecule has 8 nitrogen and oxygen atoms in total. The number of hydrogen-bond donors (Lipinski definition) is 2. The Morgan fingerprint density at radius 2 is 2.04 bits per heavy atom. The number of carboxylic acids is 1. The average Bonchev–Trinajstić information content (AvgIpc) is 2.64. The molecule has 1 saturated heterocycles. The Hall–Kier alpha value is -2.29. The van der Waals surface area contributed by atoms with E-state index in [0.717, 1.165) is 26.2 Å². The predicted octanol–water partition coefficient (Wildman–Crippen LogP) is 0.858. The Bertz CT molecular complexity index is 981. The van der Waals surface area contributed by atoms with Crippen LogP contribution >= 0.6 is 11.6 Å². The highest BCUT2D eigenvalue weighted by molar-refractivity contribution is 6.35. The van der Waals surface area contributed by atoms with Gasteiger partial charge in [0, 0.05) is 32.4 Å². The Morgan fingerprint density at radius 3 is 2.67 bits per heavy atom. The predicted molar refractivity (Wildman–Crippen MR) is 101 cm³/mol. The van der Waals surface area contributed by atoms with Crippen molar-refractivity contribution in [1.82, 2.24) is 9.47 Å². The first-order chi connectivity index (χ1) is 12.9. The molecule has 2 aromatic rings. The Kier molecular flexibility index (Phi) is 4.49. The molecule has 27 heavy (non-hydrogen) atoms. The molecule has 2 aliphatic heterocycles. The first-order valence-electron chi connectivity index (χ1n) is 8.74. The summed E-state index contributed by atoms with van der Waals surface area (Å²) >= 11 is 6.53. The number of aliphatic hydroxyl groups excluding tert-OH is 1. The monoisotopic (exact) mass is 393 g/mol. The molecule has 9 heteroatoms. The second kappa shape index (κ2) is 6.70. The number of likely N-dealkylation sites (N-methyl/N-ethyl adjacent to an activating group) is 1. The quantitative estimate of drug-likeness (QED) is 0.798. The van der Waals surface area contributed by atoms with Crippen LogP contribution in [0.4, 0.5) is 5.69 Å². The van der Waals surface area contributed by atoms with E-state index < -0.39 is 17.5 Å². The van der Waals surface area contributed by atoms with Gasteiger partial charge in [-0.25, -0.2) is 4.79 Å². The average molecular weight is 394 g/mol. The molecule has 3 heterocycles. The minimum absolute atomic E-state index is 0.212. The van der Waals surface area contributed by atoms with E-state index in [1.54, 1.807) is 4.57 Å². The molecule has 2 aliphatic rings. The van der Waals surface area contributed by atoms with Gasteiger partial charge in [0.05, 0.1) is 29.1 Å². The molecule has 0 aliphatic carbocycles. The molecule has 2 N–H and O–H groups in total. The summed E-state index contributed by atoms with van der Waals surface area (Å²) in [5.74, 6) is -0.861. The minimum atomic E-state index is -1.29. The van der Waals surface area contributed by atoms with Gasteiger partial charge in [-0.3, -0.25) is 4.79 Å². The molecule has 1 aromatic carbocycles. The topological polar surface area (TPSA) is 95.2 Å². The van der Waals surface area contributed by atoms with E-state index in [1.807, 2.05) is 7.05 Å². The summed E-state index contributed by atoms with van der Waals surface area (Å²) in [6.45, 7) is 3.25. The van der Waals surface area contributed by atoms with Gasteiger partial charge in [0.15, 0.2) is 5.75 Å². The summed E-state index contributed by atoms with van der Waals surface area (Å²) in [7, 11) is 2.05. The molecule has 0 saturated carbocycles. The summed E-state index contributed by atoms with van der Waals surface area (Å²) in [6, 6.07) is 1.53. The van der Waals surface area contributed by atoms with Gasteiger partial charge in [-0.15, -0.1) is 0 Å². The largest absolute Gasteiger partial charge is 0.482 e. The third-order valence-corrected chi connectivity index (χ3v) is 5.47. The summed E-state index contributed by atoms with van der Waals surface area (Å²) in [5.41, 5.74) is 0.294. The fraction of sp³-hybridized carbons (Fsp3) is 0.444. The second-order valence-corrected chi connectivity index (χ2v) is 7.38. The molecular formula is C18H20ClN3O5. The standard InChI is InChI=1S/C18H20ClN3O5/c1-20-2-4-21(5-3-20)15-13(19)6-11-14-17(15)27-10(9-23)7-22(14)8-12(16(11)24)18(25)26/h6,8,10,23H,2-5,7,9H2,1H3,(H,25,26)/t10-/m1/s1. The van der Waals surface area contributed by atoms with Crippen molar-refractivity contribution < 1.29 is 19.7 Å². The van der Waals surface area contributed by atoms with Crippen LogP contribution in [0.15, 0.2) is 17.1 Å². The molecule has 0 bridgehead atoms. The number of aliphatic hydroxyl groups is 1. The number of benzene rings is 1. The number of carbonyl (C=O) groups is 1. The van der Waals surface area contributed by atoms with Crippen molar-refractivity contribution in [3.63, 3.8) is 0 Å². The van der Waals surface area contributed by atoms with Gasteiger partial charge in [0.1, 0.15) is 17.4 Å². The van der Waals surface area contributed by atoms with Gasteiger partial charge in [0.2, 0.25) is 5.43 Å². The van der Waals surface area contributed by atoms with E-state index in [9.17, 15) is 19.8 Å². The molecule has 1 aromatic heterocycles. The van der Waals surface area contributed by atoms with Crippen molar-refractivity contribution in [3.8, 4) is 5.75 Å². The maximum atomic E-state index is 12.7. The number of ether oxygens (including phenoxy) is 1. The second-order valence-electron chi connectivity index (χ2n) is 6.97. The minimum Gasteiger partial charge on any atom is -0.482 e. The maximum Gasteiger partial charge on any atom is 0.341 e. The van der Waals surface area contributed by atoms with Crippen molar-refractivity contribution in [1.29, 1.82) is 0 Å². The van der Waals surface area contributed by atoms with E-state index >= 15 is 0 Å². The molecular weight excluding hydrogens is 374 g/mol. The zero-order valence-corrected chi connectivity index (χ0v) is 15.6. The first-order valence-corrected chi connectivity index (χ1v) is 9.12. The van der Waals surface area contributed by atoms with Gasteiger partial charge in [0.25, 0.3) is 0 Å². The number of piperazine rings is 1. The molecule has 1 atom stereocenters. The smallest absolute Gasteiger partial charge is 0.341 e. The number of pyridine rings is 1. The van der Waals surface area contributed by atoms with E-state index in [1.165, 1.54) is 12.3 Å². The number of halogens is 1. The zero-order valence-electron chi connectivity index (χ0n) is 14.8. The molecule has 0 unspecified atom stereocenters. The van der Waals surface area contributed by atoms with Crippen LogP contribution in [0.2, 0.25) is 5.02 Å². The molecule has 0 radical (unpaired) electrons. The summed E-state index contributed by atoms with van der Waals surface area (Å²) in [4.78, 5) is 28.5. The van der Waals surface area contributed by atoms with Crippen LogP contribution in [0.25, 0.3) is 10.9 Å². The lowest BCUT2D eigenvalue weighted by Crippen LogP contribution is -2.45. The van der Waals surface area contributed by atoms with Crippen LogP contribution in [-0.2, 0) is 6.54 Å². The third kappa shape index (κ3) is 2.93. The first kappa shape index (κ1) is 18.1. The van der Waals surface area contributed by atoms with E-state index in [2.05, 4.69) is 9.80 Å². The highest BCUT2D eigenvalue weighted by atomic mass is 35.5. The van der Waals surface area contributed by atoms with Crippen molar-refractivity contribution >= 4 is 34.2 Å². The van der Waals surface area contributed by atoms with Gasteiger partial charge in [-0.05, 0) is 13.1 Å². The van der Waals surface area contributed by atoms with Gasteiger partial charge in [-0.1, -0.05) is 11.6 Å². The number of anilines is 1. The SMILES string of the molecule is CN1CCN(c2c(Cl)cc3c(=O)c(C(=O)O)cn4c3c2O[C@@H](CO)C4)CC1. The molecule has 0 amide bonds. The van der Waals surface area contributed by atoms with E-state index in [-0.39, 0.29) is 24.1 Å². The number of nitrogens with zero attached hydrogens (tertiary/aromatic N) is 3. The third-order valence-electron chi connectivity index (χ3n) is 5.18. The molecule has 0 spiro atoms. The van der Waals surface area contributed by atoms with Gasteiger partial charge >= 0.3 is 5.97 Å². The van der Waals surface area contributed by atoms with Gasteiger partial charge < -0.3 is 29.3 Å². The van der Waals surface area contributed by atoms with Crippen LogP contribution in [0, 0.1) is 0 Å². The number of aromatic nitrogens is 1. The molecule has 144 valence electrons. The fourth-order valence-electron chi connectivity index (χ4n) is 3.74. The lowest BCUT2D eigenvalue weighted by Gasteiger charge is -2.37. The number of carboxylic acid groups (broad SMARTS) is 1. The van der Waals surface area contributed by atoms with Crippen LogP contribution < -0.4 is 15.1 Å². The van der Waals surface area contributed by atoms with E-state index in [0.29, 0.717) is 22.0 Å². The molecule has 1 fully saturated rings. The Morgan fingerprint density at radius 1 is 1.33 bits per heavy atom.